The zero-order valence-corrected chi connectivity index (χ0v) is 12.3. The van der Waals surface area contributed by atoms with Crippen molar-refractivity contribution in [3.8, 4) is 11.5 Å². The second-order valence-corrected chi connectivity index (χ2v) is 4.92. The van der Waals surface area contributed by atoms with Gasteiger partial charge in [0.25, 0.3) is 0 Å². The Balaban J connectivity index is 2.64. The number of ether oxygens (including phenoxy) is 3. The summed E-state index contributed by atoms with van der Waals surface area (Å²) < 4.78 is 16.4. The summed E-state index contributed by atoms with van der Waals surface area (Å²) >= 11 is 0. The fourth-order valence-corrected chi connectivity index (χ4v) is 1.77. The van der Waals surface area contributed by atoms with Crippen LogP contribution in [0.2, 0.25) is 0 Å². The summed E-state index contributed by atoms with van der Waals surface area (Å²) in [7, 11) is 1.65. The minimum absolute atomic E-state index is 0.0846. The first-order chi connectivity index (χ1) is 9.02. The minimum atomic E-state index is 0.0846. The predicted molar refractivity (Wildman–Crippen MR) is 76.9 cm³/mol. The Kier molecular flexibility index (Phi) is 6.67. The zero-order chi connectivity index (χ0) is 14.3. The van der Waals surface area contributed by atoms with Crippen LogP contribution in [0.3, 0.4) is 0 Å². The van der Waals surface area contributed by atoms with Gasteiger partial charge in [0.1, 0.15) is 18.1 Å². The smallest absolute Gasteiger partial charge is 0.122 e. The minimum Gasteiger partial charge on any atom is -0.497 e. The van der Waals surface area contributed by atoms with Crippen molar-refractivity contribution in [1.82, 2.24) is 0 Å². The SMILES string of the molecule is COc1ccc(OCCOC(C)C)c(CC(C)N)c1. The lowest BCUT2D eigenvalue weighted by Crippen LogP contribution is -2.19. The molecule has 0 fully saturated rings. The van der Waals surface area contributed by atoms with Crippen molar-refractivity contribution in [2.75, 3.05) is 20.3 Å². The highest BCUT2D eigenvalue weighted by Gasteiger charge is 2.08. The number of nitrogens with two attached hydrogens (primary N) is 1. The lowest BCUT2D eigenvalue weighted by atomic mass is 10.1. The molecule has 0 amide bonds. The van der Waals surface area contributed by atoms with Gasteiger partial charge in [0, 0.05) is 6.04 Å². The van der Waals surface area contributed by atoms with Crippen molar-refractivity contribution in [1.29, 1.82) is 0 Å². The Morgan fingerprint density at radius 3 is 2.47 bits per heavy atom. The first kappa shape index (κ1) is 15.8. The third kappa shape index (κ3) is 5.94. The Labute approximate surface area is 115 Å². The molecule has 0 bridgehead atoms. The molecule has 0 saturated carbocycles. The van der Waals surface area contributed by atoms with Crippen LogP contribution in [0.1, 0.15) is 26.3 Å². The molecule has 0 aliphatic carbocycles. The maximum absolute atomic E-state index is 5.86. The highest BCUT2D eigenvalue weighted by molar-refractivity contribution is 5.40. The molecule has 1 rings (SSSR count). The van der Waals surface area contributed by atoms with E-state index in [1.165, 1.54) is 0 Å². The number of hydrogen-bond donors (Lipinski definition) is 1. The standard InChI is InChI=1S/C15H25NO3/c1-11(2)18-7-8-19-15-6-5-14(17-4)10-13(15)9-12(3)16/h5-6,10-12H,7-9,16H2,1-4H3. The lowest BCUT2D eigenvalue weighted by Gasteiger charge is -2.15. The molecule has 0 heterocycles. The van der Waals surface area contributed by atoms with E-state index in [1.54, 1.807) is 7.11 Å². The Morgan fingerprint density at radius 1 is 1.16 bits per heavy atom. The van der Waals surface area contributed by atoms with Crippen LogP contribution in [0.15, 0.2) is 18.2 Å². The van der Waals surface area contributed by atoms with Crippen LogP contribution in [0, 0.1) is 0 Å². The second kappa shape index (κ2) is 8.02. The van der Waals surface area contributed by atoms with Gasteiger partial charge in [-0.3, -0.25) is 0 Å². The fraction of sp³-hybridized carbons (Fsp3) is 0.600. The van der Waals surface area contributed by atoms with Gasteiger partial charge in [-0.25, -0.2) is 0 Å². The zero-order valence-electron chi connectivity index (χ0n) is 12.3. The van der Waals surface area contributed by atoms with Gasteiger partial charge in [0.05, 0.1) is 19.8 Å². The molecule has 108 valence electrons. The van der Waals surface area contributed by atoms with Crippen molar-refractivity contribution < 1.29 is 14.2 Å². The molecule has 0 aliphatic rings. The van der Waals surface area contributed by atoms with Gasteiger partial charge >= 0.3 is 0 Å². The third-order valence-corrected chi connectivity index (χ3v) is 2.60. The molecule has 0 radical (unpaired) electrons. The van der Waals surface area contributed by atoms with Crippen molar-refractivity contribution in [3.05, 3.63) is 23.8 Å². The highest BCUT2D eigenvalue weighted by atomic mass is 16.5. The molecule has 4 heteroatoms. The normalized spacial score (nSPS) is 12.5. The van der Waals surface area contributed by atoms with E-state index in [0.29, 0.717) is 13.2 Å². The van der Waals surface area contributed by atoms with Gasteiger partial charge in [-0.15, -0.1) is 0 Å². The number of benzene rings is 1. The van der Waals surface area contributed by atoms with E-state index in [4.69, 9.17) is 19.9 Å². The molecule has 0 spiro atoms. The molecule has 0 aliphatic heterocycles. The van der Waals surface area contributed by atoms with E-state index in [2.05, 4.69) is 0 Å². The molecular formula is C15H25NO3. The van der Waals surface area contributed by atoms with Crippen LogP contribution in [0.4, 0.5) is 0 Å². The fourth-order valence-electron chi connectivity index (χ4n) is 1.77. The average Bonchev–Trinajstić information content (AvgIpc) is 2.35. The Hall–Kier alpha value is -1.26. The van der Waals surface area contributed by atoms with Gasteiger partial charge in [0.15, 0.2) is 0 Å². The van der Waals surface area contributed by atoms with Gasteiger partial charge in [-0.2, -0.15) is 0 Å². The first-order valence-electron chi connectivity index (χ1n) is 6.69. The summed E-state index contributed by atoms with van der Waals surface area (Å²) in [5, 5.41) is 0. The maximum atomic E-state index is 5.86. The van der Waals surface area contributed by atoms with Crippen LogP contribution in [-0.2, 0) is 11.2 Å². The van der Waals surface area contributed by atoms with Crippen LogP contribution in [-0.4, -0.2) is 32.5 Å². The molecule has 0 aromatic heterocycles. The molecule has 2 N–H and O–H groups in total. The third-order valence-electron chi connectivity index (χ3n) is 2.60. The van der Waals surface area contributed by atoms with Gasteiger partial charge in [-0.1, -0.05) is 0 Å². The van der Waals surface area contributed by atoms with Crippen molar-refractivity contribution in [2.24, 2.45) is 5.73 Å². The highest BCUT2D eigenvalue weighted by Crippen LogP contribution is 2.25. The van der Waals surface area contributed by atoms with Gasteiger partial charge < -0.3 is 19.9 Å². The second-order valence-electron chi connectivity index (χ2n) is 4.92. The monoisotopic (exact) mass is 267 g/mol. The Morgan fingerprint density at radius 2 is 1.89 bits per heavy atom. The summed E-state index contributed by atoms with van der Waals surface area (Å²) in [4.78, 5) is 0. The summed E-state index contributed by atoms with van der Waals surface area (Å²) in [6, 6.07) is 5.87. The van der Waals surface area contributed by atoms with E-state index < -0.39 is 0 Å². The van der Waals surface area contributed by atoms with Crippen molar-refractivity contribution in [2.45, 2.75) is 39.3 Å². The summed E-state index contributed by atoms with van der Waals surface area (Å²) in [5.74, 6) is 1.67. The molecule has 1 aromatic carbocycles. The predicted octanol–water partition coefficient (Wildman–Crippen LogP) is 2.39. The van der Waals surface area contributed by atoms with Crippen LogP contribution in [0.25, 0.3) is 0 Å². The molecule has 1 unspecified atom stereocenters. The molecule has 4 nitrogen and oxygen atoms in total. The molecule has 0 saturated heterocycles. The van der Waals surface area contributed by atoms with Crippen LogP contribution in [0.5, 0.6) is 11.5 Å². The lowest BCUT2D eigenvalue weighted by molar-refractivity contribution is 0.0550. The summed E-state index contributed by atoms with van der Waals surface area (Å²) in [5.41, 5.74) is 6.93. The number of hydrogen-bond acceptors (Lipinski definition) is 4. The molecule has 1 atom stereocenters. The van der Waals surface area contributed by atoms with E-state index in [0.717, 1.165) is 23.5 Å². The van der Waals surface area contributed by atoms with E-state index >= 15 is 0 Å². The van der Waals surface area contributed by atoms with Gasteiger partial charge in [0.2, 0.25) is 0 Å². The molecule has 19 heavy (non-hydrogen) atoms. The number of rotatable bonds is 8. The van der Waals surface area contributed by atoms with E-state index in [9.17, 15) is 0 Å². The van der Waals surface area contributed by atoms with Crippen LogP contribution >= 0.6 is 0 Å². The van der Waals surface area contributed by atoms with E-state index in [-0.39, 0.29) is 12.1 Å². The topological polar surface area (TPSA) is 53.7 Å². The molecular weight excluding hydrogens is 242 g/mol. The maximum Gasteiger partial charge on any atom is 0.122 e. The van der Waals surface area contributed by atoms with Gasteiger partial charge in [-0.05, 0) is 51.0 Å². The number of methoxy groups -OCH3 is 1. The Bertz CT molecular complexity index is 378. The van der Waals surface area contributed by atoms with E-state index in [1.807, 2.05) is 39.0 Å². The first-order valence-corrected chi connectivity index (χ1v) is 6.69. The van der Waals surface area contributed by atoms with Crippen LogP contribution < -0.4 is 15.2 Å². The average molecular weight is 267 g/mol. The summed E-state index contributed by atoms with van der Waals surface area (Å²) in [6.07, 6.45) is 0.986. The van der Waals surface area contributed by atoms with Crippen molar-refractivity contribution >= 4 is 0 Å². The summed E-state index contributed by atoms with van der Waals surface area (Å²) in [6.45, 7) is 7.12. The molecule has 1 aromatic rings. The quantitative estimate of drug-likeness (QED) is 0.735. The van der Waals surface area contributed by atoms with Crippen molar-refractivity contribution in [3.63, 3.8) is 0 Å². The largest absolute Gasteiger partial charge is 0.497 e.